The van der Waals surface area contributed by atoms with E-state index in [0.717, 1.165) is 34.3 Å². The molecule has 0 bridgehead atoms. The lowest BCUT2D eigenvalue weighted by Crippen LogP contribution is -2.40. The molecule has 0 radical (unpaired) electrons. The third-order valence-electron chi connectivity index (χ3n) is 3.32. The summed E-state index contributed by atoms with van der Waals surface area (Å²) in [5, 5.41) is 0. The summed E-state index contributed by atoms with van der Waals surface area (Å²) >= 11 is 2.17. The normalized spacial score (nSPS) is 19.1. The molecular formula is C13H17IN2O2. The second-order valence-corrected chi connectivity index (χ2v) is 5.54. The molecule has 2 rings (SSSR count). The summed E-state index contributed by atoms with van der Waals surface area (Å²) < 4.78 is 6.06. The van der Waals surface area contributed by atoms with E-state index >= 15 is 0 Å². The molecule has 1 aliphatic rings. The van der Waals surface area contributed by atoms with Gasteiger partial charge in [-0.15, -0.1) is 0 Å². The van der Waals surface area contributed by atoms with Crippen molar-refractivity contribution in [2.75, 3.05) is 20.2 Å². The molecule has 1 unspecified atom stereocenters. The molecule has 4 nitrogen and oxygen atoms in total. The van der Waals surface area contributed by atoms with E-state index < -0.39 is 0 Å². The topological polar surface area (TPSA) is 55.6 Å². The first-order valence-corrected chi connectivity index (χ1v) is 7.10. The van der Waals surface area contributed by atoms with E-state index in [1.54, 1.807) is 7.11 Å². The van der Waals surface area contributed by atoms with Crippen molar-refractivity contribution in [3.05, 3.63) is 27.3 Å². The fraction of sp³-hybridized carbons (Fsp3) is 0.462. The Morgan fingerprint density at radius 1 is 1.61 bits per heavy atom. The van der Waals surface area contributed by atoms with Crippen LogP contribution in [0.1, 0.15) is 23.2 Å². The number of hydrogen-bond acceptors (Lipinski definition) is 3. The number of methoxy groups -OCH3 is 1. The Bertz CT molecular complexity index is 451. The van der Waals surface area contributed by atoms with Crippen LogP contribution in [0.5, 0.6) is 5.75 Å². The van der Waals surface area contributed by atoms with Crippen LogP contribution in [0.25, 0.3) is 0 Å². The molecule has 0 aliphatic carbocycles. The Balaban J connectivity index is 2.23. The largest absolute Gasteiger partial charge is 0.497 e. The highest BCUT2D eigenvalue weighted by Gasteiger charge is 2.29. The summed E-state index contributed by atoms with van der Waals surface area (Å²) in [5.74, 6) is 0.850. The Labute approximate surface area is 121 Å². The predicted molar refractivity (Wildman–Crippen MR) is 78.8 cm³/mol. The average molecular weight is 360 g/mol. The lowest BCUT2D eigenvalue weighted by Gasteiger charge is -2.24. The van der Waals surface area contributed by atoms with E-state index in [1.807, 2.05) is 23.1 Å². The van der Waals surface area contributed by atoms with E-state index in [9.17, 15) is 4.79 Å². The quantitative estimate of drug-likeness (QED) is 0.838. The first kappa shape index (κ1) is 13.6. The number of nitrogens with two attached hydrogens (primary N) is 1. The molecular weight excluding hydrogens is 343 g/mol. The van der Waals surface area contributed by atoms with Gasteiger partial charge in [0.15, 0.2) is 0 Å². The highest BCUT2D eigenvalue weighted by molar-refractivity contribution is 14.1. The van der Waals surface area contributed by atoms with Gasteiger partial charge in [0, 0.05) is 22.7 Å². The van der Waals surface area contributed by atoms with Gasteiger partial charge < -0.3 is 15.4 Å². The highest BCUT2D eigenvalue weighted by Crippen LogP contribution is 2.24. The minimum atomic E-state index is 0.0787. The third kappa shape index (κ3) is 2.61. The van der Waals surface area contributed by atoms with Gasteiger partial charge in [-0.3, -0.25) is 4.79 Å². The maximum atomic E-state index is 12.5. The first-order valence-electron chi connectivity index (χ1n) is 6.02. The molecule has 2 N–H and O–H groups in total. The van der Waals surface area contributed by atoms with Crippen LogP contribution in [0.2, 0.25) is 0 Å². The second kappa shape index (κ2) is 5.88. The number of halogens is 1. The van der Waals surface area contributed by atoms with Crippen molar-refractivity contribution in [2.24, 2.45) is 5.73 Å². The molecule has 1 aromatic carbocycles. The van der Waals surface area contributed by atoms with Crippen LogP contribution in [0, 0.1) is 3.57 Å². The molecule has 1 aliphatic heterocycles. The molecule has 1 fully saturated rings. The lowest BCUT2D eigenvalue weighted by atomic mass is 10.1. The van der Waals surface area contributed by atoms with E-state index in [-0.39, 0.29) is 11.9 Å². The molecule has 1 amide bonds. The van der Waals surface area contributed by atoms with Crippen molar-refractivity contribution in [3.63, 3.8) is 0 Å². The van der Waals surface area contributed by atoms with Gasteiger partial charge in [-0.05, 0) is 53.6 Å². The summed E-state index contributed by atoms with van der Waals surface area (Å²) in [5.41, 5.74) is 6.44. The zero-order valence-electron chi connectivity index (χ0n) is 10.4. The second-order valence-electron chi connectivity index (χ2n) is 4.38. The fourth-order valence-electron chi connectivity index (χ4n) is 2.30. The Hall–Kier alpha value is -0.820. The first-order chi connectivity index (χ1) is 8.67. The van der Waals surface area contributed by atoms with Gasteiger partial charge in [0.05, 0.1) is 12.7 Å². The third-order valence-corrected chi connectivity index (χ3v) is 4.21. The molecule has 1 heterocycles. The van der Waals surface area contributed by atoms with Crippen molar-refractivity contribution < 1.29 is 9.53 Å². The van der Waals surface area contributed by atoms with E-state index in [2.05, 4.69) is 22.6 Å². The van der Waals surface area contributed by atoms with Crippen LogP contribution in [0.4, 0.5) is 0 Å². The van der Waals surface area contributed by atoms with Crippen LogP contribution < -0.4 is 10.5 Å². The number of ether oxygens (including phenoxy) is 1. The molecule has 1 saturated heterocycles. The maximum Gasteiger partial charge on any atom is 0.255 e. The number of carbonyl (C=O) groups excluding carboxylic acids is 1. The van der Waals surface area contributed by atoms with Crippen molar-refractivity contribution in [3.8, 4) is 5.75 Å². The number of hydrogen-bond donors (Lipinski definition) is 1. The summed E-state index contributed by atoms with van der Waals surface area (Å²) in [7, 11) is 1.62. The lowest BCUT2D eigenvalue weighted by molar-refractivity contribution is 0.0740. The van der Waals surface area contributed by atoms with Crippen molar-refractivity contribution in [1.29, 1.82) is 0 Å². The molecule has 0 spiro atoms. The van der Waals surface area contributed by atoms with Gasteiger partial charge in [0.25, 0.3) is 5.91 Å². The molecule has 98 valence electrons. The summed E-state index contributed by atoms with van der Waals surface area (Å²) in [6.45, 7) is 1.35. The number of amides is 1. The van der Waals surface area contributed by atoms with Gasteiger partial charge >= 0.3 is 0 Å². The number of likely N-dealkylation sites (tertiary alicyclic amines) is 1. The summed E-state index contributed by atoms with van der Waals surface area (Å²) in [6, 6.07) is 5.72. The Kier molecular flexibility index (Phi) is 4.45. The zero-order chi connectivity index (χ0) is 13.1. The standard InChI is InChI=1S/C13H17IN2O2/c1-18-10-4-5-11(12(14)7-10)13(17)16-6-2-3-9(16)8-15/h4-5,7,9H,2-3,6,8,15H2,1H3. The number of benzene rings is 1. The van der Waals surface area contributed by atoms with Crippen LogP contribution in [-0.4, -0.2) is 37.0 Å². The molecule has 18 heavy (non-hydrogen) atoms. The van der Waals surface area contributed by atoms with Crippen LogP contribution in [-0.2, 0) is 0 Å². The molecule has 5 heteroatoms. The fourth-order valence-corrected chi connectivity index (χ4v) is 3.02. The van der Waals surface area contributed by atoms with Crippen LogP contribution in [0.3, 0.4) is 0 Å². The number of nitrogens with zero attached hydrogens (tertiary/aromatic N) is 1. The van der Waals surface area contributed by atoms with Crippen molar-refractivity contribution in [2.45, 2.75) is 18.9 Å². The van der Waals surface area contributed by atoms with E-state index in [4.69, 9.17) is 10.5 Å². The SMILES string of the molecule is COc1ccc(C(=O)N2CCCC2CN)c(I)c1. The average Bonchev–Trinajstić information content (AvgIpc) is 2.86. The van der Waals surface area contributed by atoms with Crippen LogP contribution in [0.15, 0.2) is 18.2 Å². The Morgan fingerprint density at radius 2 is 2.39 bits per heavy atom. The number of rotatable bonds is 3. The molecule has 0 saturated carbocycles. The number of carbonyl (C=O) groups is 1. The summed E-state index contributed by atoms with van der Waals surface area (Å²) in [6.07, 6.45) is 2.05. The van der Waals surface area contributed by atoms with Gasteiger partial charge in [0.2, 0.25) is 0 Å². The molecule has 0 aromatic heterocycles. The Morgan fingerprint density at radius 3 is 3.00 bits per heavy atom. The van der Waals surface area contributed by atoms with Crippen molar-refractivity contribution in [1.82, 2.24) is 4.90 Å². The van der Waals surface area contributed by atoms with Gasteiger partial charge in [-0.1, -0.05) is 0 Å². The molecule has 1 aromatic rings. The van der Waals surface area contributed by atoms with Gasteiger partial charge in [0.1, 0.15) is 5.75 Å². The van der Waals surface area contributed by atoms with E-state index in [1.165, 1.54) is 0 Å². The van der Waals surface area contributed by atoms with Gasteiger partial charge in [-0.2, -0.15) is 0 Å². The monoisotopic (exact) mass is 360 g/mol. The minimum absolute atomic E-state index is 0.0787. The minimum Gasteiger partial charge on any atom is -0.497 e. The molecule has 1 atom stereocenters. The van der Waals surface area contributed by atoms with Gasteiger partial charge in [-0.25, -0.2) is 0 Å². The smallest absolute Gasteiger partial charge is 0.255 e. The summed E-state index contributed by atoms with van der Waals surface area (Å²) in [4.78, 5) is 14.4. The highest BCUT2D eigenvalue weighted by atomic mass is 127. The maximum absolute atomic E-state index is 12.5. The van der Waals surface area contributed by atoms with Crippen LogP contribution >= 0.6 is 22.6 Å². The predicted octanol–water partition coefficient (Wildman–Crippen LogP) is 1.86. The van der Waals surface area contributed by atoms with E-state index in [0.29, 0.717) is 6.54 Å². The zero-order valence-corrected chi connectivity index (χ0v) is 12.5. The van der Waals surface area contributed by atoms with Crippen molar-refractivity contribution >= 4 is 28.5 Å².